The highest BCUT2D eigenvalue weighted by Gasteiger charge is 2.19. The van der Waals surface area contributed by atoms with E-state index >= 15 is 0 Å². The number of carbonyl (C=O) groups excluding carboxylic acids is 3. The maximum atomic E-state index is 12.9. The fourth-order valence-corrected chi connectivity index (χ4v) is 9.40. The Balaban J connectivity index is 4.28. The summed E-state index contributed by atoms with van der Waals surface area (Å²) >= 11 is 0. The summed E-state index contributed by atoms with van der Waals surface area (Å²) in [6.07, 6.45) is 58.1. The van der Waals surface area contributed by atoms with Crippen LogP contribution in [0.1, 0.15) is 343 Å². The molecule has 0 saturated heterocycles. The lowest BCUT2D eigenvalue weighted by Crippen LogP contribution is -2.30. The summed E-state index contributed by atoms with van der Waals surface area (Å²) in [4.78, 5) is 38.2. The molecule has 1 atom stereocenters. The van der Waals surface area contributed by atoms with Crippen molar-refractivity contribution in [1.29, 1.82) is 0 Å². The van der Waals surface area contributed by atoms with Crippen molar-refractivity contribution in [3.8, 4) is 0 Å². The highest BCUT2D eigenvalue weighted by molar-refractivity contribution is 5.71. The zero-order valence-corrected chi connectivity index (χ0v) is 46.0. The zero-order valence-electron chi connectivity index (χ0n) is 46.0. The third kappa shape index (κ3) is 55.2. The molecule has 0 aromatic rings. The summed E-state index contributed by atoms with van der Waals surface area (Å²) in [5.74, 6) is 0.862. The molecule has 0 amide bonds. The molecule has 0 heterocycles. The van der Waals surface area contributed by atoms with Crippen LogP contribution in [0.4, 0.5) is 0 Å². The van der Waals surface area contributed by atoms with Crippen LogP contribution in [-0.4, -0.2) is 37.2 Å². The molecule has 0 N–H and O–H groups in total. The van der Waals surface area contributed by atoms with Crippen LogP contribution < -0.4 is 0 Å². The van der Waals surface area contributed by atoms with Crippen molar-refractivity contribution in [2.75, 3.05) is 13.2 Å². The van der Waals surface area contributed by atoms with E-state index in [1.165, 1.54) is 231 Å². The Hall–Kier alpha value is -1.59. The standard InChI is InChI=1S/C61H118O6/c1-6-7-8-9-10-11-12-19-26-31-36-41-46-51-59(62)65-54-58(67-61(64)53-48-43-38-33-28-23-18-14-16-21-25-30-35-40-45-50-57(4)5)55-66-60(63)52-47-42-37-32-27-22-17-13-15-20-24-29-34-39-44-49-56(2)3/h56-58H,6-55H2,1-5H3/t58-/m0/s1. The molecular formula is C61H118O6. The van der Waals surface area contributed by atoms with E-state index in [1.54, 1.807) is 0 Å². The monoisotopic (exact) mass is 947 g/mol. The van der Waals surface area contributed by atoms with Crippen LogP contribution >= 0.6 is 0 Å². The van der Waals surface area contributed by atoms with Gasteiger partial charge < -0.3 is 14.2 Å². The number of carbonyl (C=O) groups is 3. The number of ether oxygens (including phenoxy) is 3. The second-order valence-corrected chi connectivity index (χ2v) is 21.9. The maximum Gasteiger partial charge on any atom is 0.306 e. The van der Waals surface area contributed by atoms with Crippen LogP contribution in [0.25, 0.3) is 0 Å². The van der Waals surface area contributed by atoms with Crippen LogP contribution in [0.3, 0.4) is 0 Å². The maximum absolute atomic E-state index is 12.9. The van der Waals surface area contributed by atoms with Gasteiger partial charge in [0.15, 0.2) is 6.10 Å². The number of rotatable bonds is 55. The van der Waals surface area contributed by atoms with Gasteiger partial charge in [0.1, 0.15) is 13.2 Å². The first-order chi connectivity index (χ1) is 32.7. The van der Waals surface area contributed by atoms with Crippen LogP contribution in [0, 0.1) is 11.8 Å². The SMILES string of the molecule is CCCCCCCCCCCCCCCC(=O)OC[C@@H](COC(=O)CCCCCCCCCCCCCCCCCC(C)C)OC(=O)CCCCCCCCCCCCCCCCCC(C)C. The molecule has 0 aromatic carbocycles. The lowest BCUT2D eigenvalue weighted by atomic mass is 10.0. The first kappa shape index (κ1) is 65.4. The molecule has 6 nitrogen and oxygen atoms in total. The fourth-order valence-electron chi connectivity index (χ4n) is 9.40. The molecule has 0 bridgehead atoms. The highest BCUT2D eigenvalue weighted by Crippen LogP contribution is 2.18. The normalized spacial score (nSPS) is 12.0. The number of hydrogen-bond acceptors (Lipinski definition) is 6. The Labute approximate surface area is 418 Å². The molecule has 67 heavy (non-hydrogen) atoms. The second kappa shape index (κ2) is 53.8. The molecule has 0 spiro atoms. The molecule has 398 valence electrons. The summed E-state index contributed by atoms with van der Waals surface area (Å²) in [7, 11) is 0. The summed E-state index contributed by atoms with van der Waals surface area (Å²) in [6, 6.07) is 0. The van der Waals surface area contributed by atoms with Crippen molar-refractivity contribution in [3.05, 3.63) is 0 Å². The minimum absolute atomic E-state index is 0.0622. The van der Waals surface area contributed by atoms with Gasteiger partial charge in [-0.05, 0) is 31.1 Å². The Bertz CT molecular complexity index is 1020. The van der Waals surface area contributed by atoms with Gasteiger partial charge in [-0.15, -0.1) is 0 Å². The lowest BCUT2D eigenvalue weighted by molar-refractivity contribution is -0.167. The summed E-state index contributed by atoms with van der Waals surface area (Å²) < 4.78 is 16.9. The van der Waals surface area contributed by atoms with Crippen molar-refractivity contribution in [2.45, 2.75) is 349 Å². The van der Waals surface area contributed by atoms with Gasteiger partial charge in [-0.2, -0.15) is 0 Å². The van der Waals surface area contributed by atoms with Gasteiger partial charge in [-0.3, -0.25) is 14.4 Å². The van der Waals surface area contributed by atoms with Gasteiger partial charge in [-0.1, -0.05) is 304 Å². The molecule has 0 aromatic heterocycles. The van der Waals surface area contributed by atoms with Gasteiger partial charge in [0, 0.05) is 19.3 Å². The number of esters is 3. The zero-order chi connectivity index (χ0) is 48.9. The van der Waals surface area contributed by atoms with Crippen LogP contribution in [0.2, 0.25) is 0 Å². The van der Waals surface area contributed by atoms with Crippen molar-refractivity contribution in [2.24, 2.45) is 11.8 Å². The minimum Gasteiger partial charge on any atom is -0.462 e. The van der Waals surface area contributed by atoms with E-state index in [-0.39, 0.29) is 31.1 Å². The molecule has 0 fully saturated rings. The third-order valence-electron chi connectivity index (χ3n) is 14.0. The molecule has 0 saturated carbocycles. The van der Waals surface area contributed by atoms with E-state index in [9.17, 15) is 14.4 Å². The average molecular weight is 948 g/mol. The van der Waals surface area contributed by atoms with Crippen LogP contribution in [-0.2, 0) is 28.6 Å². The van der Waals surface area contributed by atoms with Gasteiger partial charge in [-0.25, -0.2) is 0 Å². The van der Waals surface area contributed by atoms with Gasteiger partial charge in [0.2, 0.25) is 0 Å². The van der Waals surface area contributed by atoms with Crippen LogP contribution in [0.5, 0.6) is 0 Å². The van der Waals surface area contributed by atoms with Crippen molar-refractivity contribution in [1.82, 2.24) is 0 Å². The minimum atomic E-state index is -0.763. The smallest absolute Gasteiger partial charge is 0.306 e. The predicted octanol–water partition coefficient (Wildman–Crippen LogP) is 20.0. The summed E-state index contributed by atoms with van der Waals surface area (Å²) in [5.41, 5.74) is 0. The quantitative estimate of drug-likeness (QED) is 0.0343. The summed E-state index contributed by atoms with van der Waals surface area (Å²) in [5, 5.41) is 0. The van der Waals surface area contributed by atoms with E-state index < -0.39 is 6.10 Å². The van der Waals surface area contributed by atoms with Gasteiger partial charge >= 0.3 is 17.9 Å². The second-order valence-electron chi connectivity index (χ2n) is 21.9. The number of unbranched alkanes of at least 4 members (excludes halogenated alkanes) is 40. The molecule has 0 radical (unpaired) electrons. The lowest BCUT2D eigenvalue weighted by Gasteiger charge is -2.18. The van der Waals surface area contributed by atoms with E-state index in [4.69, 9.17) is 14.2 Å². The predicted molar refractivity (Wildman–Crippen MR) is 289 cm³/mol. The Morgan fingerprint density at radius 1 is 0.284 bits per heavy atom. The summed E-state index contributed by atoms with van der Waals surface area (Å²) in [6.45, 7) is 11.4. The average Bonchev–Trinajstić information content (AvgIpc) is 3.30. The number of hydrogen-bond donors (Lipinski definition) is 0. The highest BCUT2D eigenvalue weighted by atomic mass is 16.6. The van der Waals surface area contributed by atoms with Gasteiger partial charge in [0.25, 0.3) is 0 Å². The molecule has 0 aliphatic carbocycles. The first-order valence-electron chi connectivity index (χ1n) is 30.2. The fraction of sp³-hybridized carbons (Fsp3) is 0.951. The van der Waals surface area contributed by atoms with E-state index in [2.05, 4.69) is 34.6 Å². The van der Waals surface area contributed by atoms with E-state index in [0.29, 0.717) is 19.3 Å². The topological polar surface area (TPSA) is 78.9 Å². The molecule has 6 heteroatoms. The Morgan fingerprint density at radius 3 is 0.731 bits per heavy atom. The van der Waals surface area contributed by atoms with Crippen LogP contribution in [0.15, 0.2) is 0 Å². The van der Waals surface area contributed by atoms with E-state index in [1.807, 2.05) is 0 Å². The molecular weight excluding hydrogens is 829 g/mol. The van der Waals surface area contributed by atoms with Gasteiger partial charge in [0.05, 0.1) is 0 Å². The third-order valence-corrected chi connectivity index (χ3v) is 14.0. The van der Waals surface area contributed by atoms with E-state index in [0.717, 1.165) is 69.6 Å². The van der Waals surface area contributed by atoms with Crippen molar-refractivity contribution < 1.29 is 28.6 Å². The molecule has 0 aliphatic heterocycles. The van der Waals surface area contributed by atoms with Crippen molar-refractivity contribution in [3.63, 3.8) is 0 Å². The van der Waals surface area contributed by atoms with Crippen molar-refractivity contribution >= 4 is 17.9 Å². The Kier molecular flexibility index (Phi) is 52.5. The Morgan fingerprint density at radius 2 is 0.493 bits per heavy atom. The largest absolute Gasteiger partial charge is 0.462 e. The molecule has 0 aliphatic rings. The first-order valence-corrected chi connectivity index (χ1v) is 30.2. The molecule has 0 unspecified atom stereocenters. The molecule has 0 rings (SSSR count).